The van der Waals surface area contributed by atoms with Crippen molar-refractivity contribution in [3.05, 3.63) is 56.6 Å². The van der Waals surface area contributed by atoms with Crippen molar-refractivity contribution >= 4 is 11.3 Å². The van der Waals surface area contributed by atoms with Crippen molar-refractivity contribution < 1.29 is 14.2 Å². The van der Waals surface area contributed by atoms with Crippen LogP contribution in [0.2, 0.25) is 0 Å². The van der Waals surface area contributed by atoms with E-state index in [1.54, 1.807) is 18.4 Å². The molecule has 0 saturated carbocycles. The Morgan fingerprint density at radius 2 is 2.10 bits per heavy atom. The Morgan fingerprint density at radius 3 is 2.74 bits per heavy atom. The number of ether oxygens (including phenoxy) is 3. The normalized spacial score (nSPS) is 15.3. The van der Waals surface area contributed by atoms with Crippen molar-refractivity contribution in [2.45, 2.75) is 33.1 Å². The summed E-state index contributed by atoms with van der Waals surface area (Å²) in [5.41, 5.74) is 9.94. The number of aryl methyl sites for hydroxylation is 2. The number of aromatic amines is 1. The maximum absolute atomic E-state index is 9.92. The molecule has 0 unspecified atom stereocenters. The van der Waals surface area contributed by atoms with Gasteiger partial charge in [0.1, 0.15) is 11.6 Å². The number of allylic oxidation sites excluding steroid dienone is 1. The molecule has 1 atom stereocenters. The number of aromatic nitrogens is 2. The van der Waals surface area contributed by atoms with Gasteiger partial charge in [0.25, 0.3) is 0 Å². The summed E-state index contributed by atoms with van der Waals surface area (Å²) >= 11 is 1.71. The van der Waals surface area contributed by atoms with Crippen LogP contribution in [0.15, 0.2) is 35.7 Å². The van der Waals surface area contributed by atoms with Gasteiger partial charge in [-0.05, 0) is 44.0 Å². The summed E-state index contributed by atoms with van der Waals surface area (Å²) in [6, 6.07) is 10.0. The van der Waals surface area contributed by atoms with E-state index in [1.807, 2.05) is 25.1 Å². The molecule has 0 bridgehead atoms. The number of nitrogens with two attached hydrogens (primary N) is 1. The van der Waals surface area contributed by atoms with Gasteiger partial charge in [-0.2, -0.15) is 5.26 Å². The highest BCUT2D eigenvalue weighted by Gasteiger charge is 2.36. The Labute approximate surface area is 185 Å². The average molecular weight is 437 g/mol. The van der Waals surface area contributed by atoms with E-state index in [0.29, 0.717) is 29.6 Å². The zero-order valence-corrected chi connectivity index (χ0v) is 18.7. The largest absolute Gasteiger partial charge is 0.493 e. The molecule has 4 rings (SSSR count). The Balaban J connectivity index is 1.89. The van der Waals surface area contributed by atoms with Gasteiger partial charge in [0.2, 0.25) is 11.8 Å². The smallest absolute Gasteiger partial charge is 0.244 e. The molecule has 160 valence electrons. The molecule has 0 aliphatic carbocycles. The van der Waals surface area contributed by atoms with Crippen LogP contribution in [0.5, 0.6) is 17.4 Å². The third-order valence-corrected chi connectivity index (χ3v) is 6.20. The number of rotatable bonds is 6. The van der Waals surface area contributed by atoms with Gasteiger partial charge in [-0.3, -0.25) is 5.10 Å². The molecule has 3 N–H and O–H groups in total. The minimum atomic E-state index is -0.448. The van der Waals surface area contributed by atoms with Crippen molar-refractivity contribution in [1.29, 1.82) is 5.26 Å². The topological polar surface area (TPSA) is 106 Å². The summed E-state index contributed by atoms with van der Waals surface area (Å²) in [6.45, 7) is 6.77. The SMILES string of the molecule is CCCOc1ccc([C@H]2C(C#N)=C(N)Oc3n[nH]c(-c4cc(C)sc4C)c32)cc1OC. The predicted octanol–water partition coefficient (Wildman–Crippen LogP) is 4.77. The van der Waals surface area contributed by atoms with Crippen LogP contribution in [0.25, 0.3) is 11.3 Å². The molecule has 2 aromatic heterocycles. The number of methoxy groups -OCH3 is 1. The number of thiophene rings is 1. The maximum atomic E-state index is 9.92. The number of nitriles is 1. The van der Waals surface area contributed by atoms with E-state index in [9.17, 15) is 5.26 Å². The number of H-pyrrole nitrogens is 1. The molecule has 0 saturated heterocycles. The molecule has 0 radical (unpaired) electrons. The number of hydrogen-bond acceptors (Lipinski definition) is 7. The van der Waals surface area contributed by atoms with Gasteiger partial charge in [-0.1, -0.05) is 13.0 Å². The minimum Gasteiger partial charge on any atom is -0.493 e. The van der Waals surface area contributed by atoms with Crippen LogP contribution < -0.4 is 19.9 Å². The minimum absolute atomic E-state index is 0.0570. The summed E-state index contributed by atoms with van der Waals surface area (Å²) in [5, 5.41) is 17.4. The van der Waals surface area contributed by atoms with E-state index < -0.39 is 5.92 Å². The monoisotopic (exact) mass is 436 g/mol. The molecule has 0 fully saturated rings. The first kappa shape index (κ1) is 20.8. The zero-order chi connectivity index (χ0) is 22.1. The second-order valence-electron chi connectivity index (χ2n) is 7.33. The summed E-state index contributed by atoms with van der Waals surface area (Å²) in [4.78, 5) is 2.35. The second-order valence-corrected chi connectivity index (χ2v) is 8.79. The summed E-state index contributed by atoms with van der Waals surface area (Å²) in [7, 11) is 1.60. The molecule has 1 aliphatic rings. The van der Waals surface area contributed by atoms with Gasteiger partial charge in [-0.25, -0.2) is 0 Å². The highest BCUT2D eigenvalue weighted by molar-refractivity contribution is 7.12. The lowest BCUT2D eigenvalue weighted by Crippen LogP contribution is -2.21. The van der Waals surface area contributed by atoms with Gasteiger partial charge in [0, 0.05) is 15.3 Å². The molecular formula is C23H24N4O3S. The van der Waals surface area contributed by atoms with Gasteiger partial charge in [0.15, 0.2) is 11.5 Å². The standard InChI is InChI=1S/C23H24N4O3S/c1-5-8-29-17-7-6-14(10-18(17)28-4)19-16(11-24)22(25)30-23-20(19)21(26-27-23)15-9-12(2)31-13(15)3/h6-7,9-10,19H,5,8,25H2,1-4H3,(H,26,27)/t19-/m0/s1. The Kier molecular flexibility index (Phi) is 5.61. The van der Waals surface area contributed by atoms with Crippen molar-refractivity contribution in [2.75, 3.05) is 13.7 Å². The molecule has 3 heterocycles. The van der Waals surface area contributed by atoms with Crippen LogP contribution in [0.3, 0.4) is 0 Å². The zero-order valence-electron chi connectivity index (χ0n) is 17.9. The maximum Gasteiger partial charge on any atom is 0.244 e. The van der Waals surface area contributed by atoms with Gasteiger partial charge in [-0.15, -0.1) is 16.4 Å². The number of hydrogen-bond donors (Lipinski definition) is 2. The van der Waals surface area contributed by atoms with Crippen LogP contribution in [-0.4, -0.2) is 23.9 Å². The first-order chi connectivity index (χ1) is 15.0. The van der Waals surface area contributed by atoms with Crippen molar-refractivity contribution in [2.24, 2.45) is 5.73 Å². The van der Waals surface area contributed by atoms with Gasteiger partial charge < -0.3 is 19.9 Å². The number of fused-ring (bicyclic) bond motifs is 1. The molecule has 8 heteroatoms. The second kappa shape index (κ2) is 8.36. The summed E-state index contributed by atoms with van der Waals surface area (Å²) in [6.07, 6.45) is 0.893. The fourth-order valence-corrected chi connectivity index (χ4v) is 4.79. The highest BCUT2D eigenvalue weighted by Crippen LogP contribution is 2.48. The average Bonchev–Trinajstić information content (AvgIpc) is 3.32. The predicted molar refractivity (Wildman–Crippen MR) is 119 cm³/mol. The van der Waals surface area contributed by atoms with Crippen LogP contribution in [0.4, 0.5) is 0 Å². The van der Waals surface area contributed by atoms with Crippen molar-refractivity contribution in [1.82, 2.24) is 10.2 Å². The number of nitrogens with zero attached hydrogens (tertiary/aromatic N) is 2. The van der Waals surface area contributed by atoms with Crippen LogP contribution in [-0.2, 0) is 0 Å². The van der Waals surface area contributed by atoms with E-state index in [4.69, 9.17) is 19.9 Å². The Morgan fingerprint density at radius 1 is 1.29 bits per heavy atom. The lowest BCUT2D eigenvalue weighted by Gasteiger charge is -2.24. The molecule has 1 aromatic carbocycles. The molecule has 7 nitrogen and oxygen atoms in total. The van der Waals surface area contributed by atoms with Crippen molar-refractivity contribution in [3.63, 3.8) is 0 Å². The fraction of sp³-hybridized carbons (Fsp3) is 0.304. The third kappa shape index (κ3) is 3.62. The van der Waals surface area contributed by atoms with E-state index in [1.165, 1.54) is 4.88 Å². The van der Waals surface area contributed by atoms with Gasteiger partial charge >= 0.3 is 0 Å². The third-order valence-electron chi connectivity index (χ3n) is 5.23. The van der Waals surface area contributed by atoms with Gasteiger partial charge in [0.05, 0.1) is 30.9 Å². The van der Waals surface area contributed by atoms with Crippen molar-refractivity contribution in [3.8, 4) is 34.7 Å². The lowest BCUT2D eigenvalue weighted by atomic mass is 9.83. The quantitative estimate of drug-likeness (QED) is 0.576. The molecule has 1 aliphatic heterocycles. The Hall–Kier alpha value is -3.44. The van der Waals surface area contributed by atoms with E-state index in [2.05, 4.69) is 36.2 Å². The summed E-state index contributed by atoms with van der Waals surface area (Å²) < 4.78 is 17.1. The first-order valence-electron chi connectivity index (χ1n) is 10.0. The van der Waals surface area contributed by atoms with E-state index in [-0.39, 0.29) is 5.88 Å². The lowest BCUT2D eigenvalue weighted by molar-refractivity contribution is 0.294. The molecule has 3 aromatic rings. The molecule has 31 heavy (non-hydrogen) atoms. The number of benzene rings is 1. The highest BCUT2D eigenvalue weighted by atomic mass is 32.1. The molecule has 0 amide bonds. The molecule has 0 spiro atoms. The Bertz CT molecular complexity index is 1200. The molecular weight excluding hydrogens is 412 g/mol. The van der Waals surface area contributed by atoms with Crippen LogP contribution in [0.1, 0.15) is 40.1 Å². The van der Waals surface area contributed by atoms with Crippen LogP contribution in [0, 0.1) is 25.2 Å². The first-order valence-corrected chi connectivity index (χ1v) is 10.8. The van der Waals surface area contributed by atoms with Crippen LogP contribution >= 0.6 is 11.3 Å². The van der Waals surface area contributed by atoms with E-state index >= 15 is 0 Å². The number of nitrogens with one attached hydrogen (secondary N) is 1. The summed E-state index contributed by atoms with van der Waals surface area (Å²) in [5.74, 6) is 1.25. The van der Waals surface area contributed by atoms with E-state index in [0.717, 1.165) is 33.7 Å². The fourth-order valence-electron chi connectivity index (χ4n) is 3.86.